The Bertz CT molecular complexity index is 1260. The molecular formula is C26H30N6O3S. The summed E-state index contributed by atoms with van der Waals surface area (Å²) in [6.07, 6.45) is 3.42. The van der Waals surface area contributed by atoms with Crippen molar-refractivity contribution in [2.24, 2.45) is 10.7 Å². The molecule has 0 spiro atoms. The average Bonchev–Trinajstić information content (AvgIpc) is 3.34. The molecule has 0 unspecified atom stereocenters. The maximum absolute atomic E-state index is 12.3. The second-order valence-electron chi connectivity index (χ2n) is 8.55. The van der Waals surface area contributed by atoms with Crippen LogP contribution in [0.1, 0.15) is 29.8 Å². The Morgan fingerprint density at radius 2 is 1.92 bits per heavy atom. The number of allylic oxidation sites excluding steroid dienone is 1. The number of benzene rings is 2. The quantitative estimate of drug-likeness (QED) is 0.244. The number of nitrogen functional groups attached to an aromatic ring is 1. The first kappa shape index (κ1) is 26.6. The Labute approximate surface area is 214 Å². The van der Waals surface area contributed by atoms with Crippen molar-refractivity contribution in [2.45, 2.75) is 19.4 Å². The van der Waals surface area contributed by atoms with Crippen LogP contribution in [0.5, 0.6) is 0 Å². The minimum Gasteiger partial charge on any atom is -0.399 e. The number of carbonyl (C=O) groups excluding carboxylic acids is 2. The number of aromatic nitrogens is 1. The van der Waals surface area contributed by atoms with E-state index >= 15 is 0 Å². The molecule has 2 aromatic carbocycles. The van der Waals surface area contributed by atoms with Gasteiger partial charge in [0.2, 0.25) is 5.91 Å². The molecule has 0 saturated heterocycles. The van der Waals surface area contributed by atoms with Gasteiger partial charge in [-0.1, -0.05) is 18.2 Å². The van der Waals surface area contributed by atoms with E-state index in [9.17, 15) is 9.59 Å². The Kier molecular flexibility index (Phi) is 8.93. The van der Waals surface area contributed by atoms with Crippen LogP contribution in [0.3, 0.4) is 0 Å². The minimum absolute atomic E-state index is 0.182. The zero-order valence-corrected chi connectivity index (χ0v) is 21.3. The number of carbonyl (C=O) groups is 2. The molecule has 0 radical (unpaired) electrons. The van der Waals surface area contributed by atoms with Gasteiger partial charge >= 0.3 is 0 Å². The lowest BCUT2D eigenvalue weighted by molar-refractivity contribution is -0.115. The number of amides is 2. The highest BCUT2D eigenvalue weighted by Gasteiger charge is 2.14. The first-order valence-corrected chi connectivity index (χ1v) is 12.1. The van der Waals surface area contributed by atoms with Gasteiger partial charge in [-0.05, 0) is 55.8 Å². The maximum Gasteiger partial charge on any atom is 0.251 e. The summed E-state index contributed by atoms with van der Waals surface area (Å²) < 4.78 is 5.35. The van der Waals surface area contributed by atoms with Gasteiger partial charge < -0.3 is 26.8 Å². The van der Waals surface area contributed by atoms with Crippen LogP contribution in [-0.2, 0) is 9.53 Å². The van der Waals surface area contributed by atoms with E-state index in [-0.39, 0.29) is 24.0 Å². The number of anilines is 2. The van der Waals surface area contributed by atoms with Crippen LogP contribution in [0.15, 0.2) is 65.0 Å². The van der Waals surface area contributed by atoms with Crippen LogP contribution in [0.4, 0.5) is 10.8 Å². The molecule has 2 amide bonds. The summed E-state index contributed by atoms with van der Waals surface area (Å²) >= 11 is 1.29. The first-order chi connectivity index (χ1) is 17.2. The molecule has 1 heterocycles. The number of ether oxygens (including phenoxy) is 1. The summed E-state index contributed by atoms with van der Waals surface area (Å²) in [5.74, 6) is -0.739. The molecule has 188 valence electrons. The SMILES string of the molecule is COC(C)(C)CN=CC=C(N)c1cccc(-c2csc(NC(=O)CNC(=O)c3ccc(N)cc3)n2)c1. The number of hydrogen-bond donors (Lipinski definition) is 4. The van der Waals surface area contributed by atoms with E-state index in [1.54, 1.807) is 43.7 Å². The van der Waals surface area contributed by atoms with Crippen LogP contribution in [-0.4, -0.2) is 48.8 Å². The smallest absolute Gasteiger partial charge is 0.251 e. The second-order valence-corrected chi connectivity index (χ2v) is 9.41. The van der Waals surface area contributed by atoms with Crippen LogP contribution in [0, 0.1) is 0 Å². The van der Waals surface area contributed by atoms with Crippen molar-refractivity contribution in [3.8, 4) is 11.3 Å². The fraction of sp³-hybridized carbons (Fsp3) is 0.231. The number of methoxy groups -OCH3 is 1. The fourth-order valence-electron chi connectivity index (χ4n) is 2.95. The van der Waals surface area contributed by atoms with E-state index < -0.39 is 0 Å². The van der Waals surface area contributed by atoms with Gasteiger partial charge in [0.15, 0.2) is 5.13 Å². The molecule has 3 aromatic rings. The van der Waals surface area contributed by atoms with Crippen LogP contribution in [0.2, 0.25) is 0 Å². The average molecular weight is 507 g/mol. The molecule has 10 heteroatoms. The van der Waals surface area contributed by atoms with Crippen LogP contribution < -0.4 is 22.1 Å². The molecule has 0 aliphatic carbocycles. The summed E-state index contributed by atoms with van der Waals surface area (Å²) in [7, 11) is 1.65. The fourth-order valence-corrected chi connectivity index (χ4v) is 3.68. The van der Waals surface area contributed by atoms with E-state index in [2.05, 4.69) is 20.6 Å². The topological polar surface area (TPSA) is 145 Å². The monoisotopic (exact) mass is 506 g/mol. The molecule has 0 aliphatic heterocycles. The van der Waals surface area contributed by atoms with Gasteiger partial charge in [-0.3, -0.25) is 14.6 Å². The predicted molar refractivity (Wildman–Crippen MR) is 146 cm³/mol. The molecule has 0 atom stereocenters. The van der Waals surface area contributed by atoms with E-state index in [1.807, 2.05) is 43.5 Å². The molecule has 0 saturated carbocycles. The van der Waals surface area contributed by atoms with E-state index in [4.69, 9.17) is 16.2 Å². The predicted octanol–water partition coefficient (Wildman–Crippen LogP) is 3.56. The van der Waals surface area contributed by atoms with Crippen molar-refractivity contribution < 1.29 is 14.3 Å². The van der Waals surface area contributed by atoms with Crippen molar-refractivity contribution in [1.82, 2.24) is 10.3 Å². The Morgan fingerprint density at radius 3 is 2.64 bits per heavy atom. The summed E-state index contributed by atoms with van der Waals surface area (Å²) in [6.45, 7) is 4.26. The highest BCUT2D eigenvalue weighted by molar-refractivity contribution is 7.14. The lowest BCUT2D eigenvalue weighted by Gasteiger charge is -2.19. The van der Waals surface area contributed by atoms with E-state index in [0.717, 1.165) is 11.1 Å². The number of nitrogens with two attached hydrogens (primary N) is 2. The maximum atomic E-state index is 12.3. The number of rotatable bonds is 10. The first-order valence-electron chi connectivity index (χ1n) is 11.2. The zero-order chi connectivity index (χ0) is 26.1. The van der Waals surface area contributed by atoms with Gasteiger partial charge in [-0.2, -0.15) is 0 Å². The second kappa shape index (κ2) is 12.1. The summed E-state index contributed by atoms with van der Waals surface area (Å²) in [4.78, 5) is 33.3. The number of thiazole rings is 1. The van der Waals surface area contributed by atoms with Gasteiger partial charge in [-0.15, -0.1) is 11.3 Å². The molecule has 36 heavy (non-hydrogen) atoms. The lowest BCUT2D eigenvalue weighted by Crippen LogP contribution is -2.32. The summed E-state index contributed by atoms with van der Waals surface area (Å²) in [5.41, 5.74) is 15.4. The molecule has 6 N–H and O–H groups in total. The normalized spacial score (nSPS) is 12.0. The van der Waals surface area contributed by atoms with Gasteiger partial charge in [0.05, 0.1) is 24.4 Å². The third-order valence-corrected chi connectivity index (χ3v) is 5.97. The number of aliphatic imine (C=N–C) groups is 1. The van der Waals surface area contributed by atoms with Crippen molar-refractivity contribution in [2.75, 3.05) is 31.2 Å². The Hall–Kier alpha value is -4.02. The van der Waals surface area contributed by atoms with Gasteiger partial charge in [0, 0.05) is 41.2 Å². The Morgan fingerprint density at radius 1 is 1.17 bits per heavy atom. The van der Waals surface area contributed by atoms with Crippen molar-refractivity contribution in [3.05, 3.63) is 71.1 Å². The number of nitrogens with zero attached hydrogens (tertiary/aromatic N) is 2. The molecular weight excluding hydrogens is 476 g/mol. The molecule has 3 rings (SSSR count). The van der Waals surface area contributed by atoms with Crippen LogP contribution >= 0.6 is 11.3 Å². The van der Waals surface area contributed by atoms with Crippen molar-refractivity contribution in [1.29, 1.82) is 0 Å². The van der Waals surface area contributed by atoms with Crippen LogP contribution in [0.25, 0.3) is 17.0 Å². The van der Waals surface area contributed by atoms with Gasteiger partial charge in [0.1, 0.15) is 0 Å². The van der Waals surface area contributed by atoms with E-state index in [0.29, 0.717) is 34.3 Å². The van der Waals surface area contributed by atoms with Crippen molar-refractivity contribution in [3.63, 3.8) is 0 Å². The Balaban J connectivity index is 1.58. The molecule has 0 fully saturated rings. The summed E-state index contributed by atoms with van der Waals surface area (Å²) in [5, 5.41) is 7.56. The number of nitrogens with one attached hydrogen (secondary N) is 2. The highest BCUT2D eigenvalue weighted by atomic mass is 32.1. The molecule has 0 aliphatic rings. The van der Waals surface area contributed by atoms with Gasteiger partial charge in [-0.25, -0.2) is 4.98 Å². The largest absolute Gasteiger partial charge is 0.399 e. The standard InChI is InChI=1S/C26H30N6O3S/c1-26(2,35-3)16-29-12-11-21(28)18-5-4-6-19(13-18)22-15-36-25(31-22)32-23(33)14-30-24(34)17-7-9-20(27)10-8-17/h4-13,15H,14,16,27-28H2,1-3H3,(H,30,34)(H,31,32,33). The van der Waals surface area contributed by atoms with Crippen molar-refractivity contribution >= 4 is 45.9 Å². The third-order valence-electron chi connectivity index (χ3n) is 5.21. The zero-order valence-electron chi connectivity index (χ0n) is 20.4. The lowest BCUT2D eigenvalue weighted by atomic mass is 10.1. The number of hydrogen-bond acceptors (Lipinski definition) is 8. The van der Waals surface area contributed by atoms with Gasteiger partial charge in [0.25, 0.3) is 5.91 Å². The molecule has 9 nitrogen and oxygen atoms in total. The van der Waals surface area contributed by atoms with E-state index in [1.165, 1.54) is 11.3 Å². The highest BCUT2D eigenvalue weighted by Crippen LogP contribution is 2.26. The molecule has 1 aromatic heterocycles. The minimum atomic E-state index is -0.378. The summed E-state index contributed by atoms with van der Waals surface area (Å²) in [6, 6.07) is 14.1. The third kappa shape index (κ3) is 7.76. The molecule has 0 bridgehead atoms.